The van der Waals surface area contributed by atoms with Gasteiger partial charge in [0, 0.05) is 20.6 Å². The van der Waals surface area contributed by atoms with Gasteiger partial charge in [-0.2, -0.15) is 0 Å². The van der Waals surface area contributed by atoms with Crippen LogP contribution in [0.4, 0.5) is 0 Å². The van der Waals surface area contributed by atoms with Gasteiger partial charge in [-0.15, -0.1) is 0 Å². The Balaban J connectivity index is 1.32. The van der Waals surface area contributed by atoms with Crippen LogP contribution in [0.25, 0.3) is 11.2 Å². The first-order valence-electron chi connectivity index (χ1n) is 16.9. The van der Waals surface area contributed by atoms with Gasteiger partial charge in [-0.05, 0) is 32.4 Å². The van der Waals surface area contributed by atoms with Gasteiger partial charge in [0.15, 0.2) is 11.2 Å². The van der Waals surface area contributed by atoms with E-state index in [9.17, 15) is 9.59 Å². The summed E-state index contributed by atoms with van der Waals surface area (Å²) in [5, 5.41) is 3.63. The van der Waals surface area contributed by atoms with Crippen molar-refractivity contribution in [2.24, 2.45) is 14.1 Å². The van der Waals surface area contributed by atoms with Gasteiger partial charge in [0.2, 0.25) is 0 Å². The van der Waals surface area contributed by atoms with E-state index < -0.39 is 0 Å². The summed E-state index contributed by atoms with van der Waals surface area (Å²) in [6, 6.07) is 0. The molecule has 2 rings (SSSR count). The monoisotopic (exact) mass is 559 g/mol. The summed E-state index contributed by atoms with van der Waals surface area (Å²) in [6.07, 6.45) is 30.9. The first-order valence-corrected chi connectivity index (χ1v) is 16.9. The minimum absolute atomic E-state index is 0.225. The lowest BCUT2D eigenvalue weighted by molar-refractivity contribution is 0.509. The van der Waals surface area contributed by atoms with Crippen molar-refractivity contribution in [2.75, 3.05) is 13.1 Å². The molecule has 0 unspecified atom stereocenters. The molecule has 0 atom stereocenters. The lowest BCUT2D eigenvalue weighted by Crippen LogP contribution is -2.39. The average Bonchev–Trinajstić information content (AvgIpc) is 3.35. The summed E-state index contributed by atoms with van der Waals surface area (Å²) in [6.45, 7) is 5.13. The number of fused-ring (bicyclic) bond motifs is 1. The highest BCUT2D eigenvalue weighted by atomic mass is 16.2. The van der Waals surface area contributed by atoms with E-state index in [1.165, 1.54) is 151 Å². The molecule has 0 spiro atoms. The van der Waals surface area contributed by atoms with Crippen LogP contribution in [-0.4, -0.2) is 31.8 Å². The predicted octanol–water partition coefficient (Wildman–Crippen LogP) is 7.63. The molecule has 0 aromatic carbocycles. The molecule has 0 radical (unpaired) electrons. The Kier molecular flexibility index (Phi) is 18.7. The van der Waals surface area contributed by atoms with Crippen LogP contribution in [0.15, 0.2) is 15.9 Å². The second-order valence-corrected chi connectivity index (χ2v) is 12.0. The highest BCUT2D eigenvalue weighted by molar-refractivity contribution is 5.69. The number of aromatic nitrogens is 4. The van der Waals surface area contributed by atoms with Gasteiger partial charge in [-0.3, -0.25) is 13.9 Å². The van der Waals surface area contributed by atoms with Gasteiger partial charge in [0.1, 0.15) is 0 Å². The van der Waals surface area contributed by atoms with Crippen LogP contribution in [0.2, 0.25) is 0 Å². The van der Waals surface area contributed by atoms with Gasteiger partial charge >= 0.3 is 5.69 Å². The molecule has 0 aliphatic carbocycles. The summed E-state index contributed by atoms with van der Waals surface area (Å²) in [7, 11) is 3.48. The fourth-order valence-corrected chi connectivity index (χ4v) is 5.74. The van der Waals surface area contributed by atoms with E-state index in [1.807, 2.05) is 0 Å². The van der Waals surface area contributed by atoms with E-state index in [1.54, 1.807) is 25.0 Å². The van der Waals surface area contributed by atoms with Crippen LogP contribution in [0, 0.1) is 0 Å². The lowest BCUT2D eigenvalue weighted by atomic mass is 10.0. The first-order chi connectivity index (χ1) is 19.6. The number of nitrogens with zero attached hydrogens (tertiary/aromatic N) is 4. The molecule has 0 saturated carbocycles. The molecular formula is C33H61N5O2. The van der Waals surface area contributed by atoms with Crippen LogP contribution in [0.1, 0.15) is 148 Å². The molecule has 0 fully saturated rings. The molecule has 40 heavy (non-hydrogen) atoms. The smallest absolute Gasteiger partial charge is 0.328 e. The SMILES string of the molecule is CCCCCCCCCCCCCCCNCCCCCCCCCCCn1c(=O)c2c(ncn2C)n(C)c1=O. The Bertz CT molecular complexity index is 1020. The summed E-state index contributed by atoms with van der Waals surface area (Å²) >= 11 is 0. The summed E-state index contributed by atoms with van der Waals surface area (Å²) in [5.74, 6) is 0. The lowest BCUT2D eigenvalue weighted by Gasteiger charge is -2.08. The maximum Gasteiger partial charge on any atom is 0.332 e. The Morgan fingerprint density at radius 3 is 1.52 bits per heavy atom. The third-order valence-electron chi connectivity index (χ3n) is 8.39. The van der Waals surface area contributed by atoms with Gasteiger partial charge in [-0.1, -0.05) is 129 Å². The molecule has 0 amide bonds. The van der Waals surface area contributed by atoms with Crippen molar-refractivity contribution in [1.82, 2.24) is 24.0 Å². The molecule has 0 saturated heterocycles. The maximum atomic E-state index is 12.7. The van der Waals surface area contributed by atoms with Crippen LogP contribution >= 0.6 is 0 Å². The highest BCUT2D eigenvalue weighted by Crippen LogP contribution is 2.13. The van der Waals surface area contributed by atoms with E-state index in [0.29, 0.717) is 17.7 Å². The zero-order valence-corrected chi connectivity index (χ0v) is 26.4. The van der Waals surface area contributed by atoms with Gasteiger partial charge in [0.25, 0.3) is 5.56 Å². The molecule has 2 aromatic rings. The largest absolute Gasteiger partial charge is 0.332 e. The summed E-state index contributed by atoms with van der Waals surface area (Å²) in [4.78, 5) is 29.5. The van der Waals surface area contributed by atoms with Crippen molar-refractivity contribution in [1.29, 1.82) is 0 Å². The highest BCUT2D eigenvalue weighted by Gasteiger charge is 2.14. The molecule has 2 aromatic heterocycles. The normalized spacial score (nSPS) is 11.7. The first kappa shape index (κ1) is 34.3. The van der Waals surface area contributed by atoms with Gasteiger partial charge in [0.05, 0.1) is 6.33 Å². The van der Waals surface area contributed by atoms with Crippen molar-refractivity contribution < 1.29 is 0 Å². The predicted molar refractivity (Wildman–Crippen MR) is 170 cm³/mol. The van der Waals surface area contributed by atoms with Crippen LogP contribution in [-0.2, 0) is 20.6 Å². The van der Waals surface area contributed by atoms with Crippen LogP contribution in [0.5, 0.6) is 0 Å². The molecular weight excluding hydrogens is 498 g/mol. The Morgan fingerprint density at radius 1 is 0.625 bits per heavy atom. The maximum absolute atomic E-state index is 12.7. The van der Waals surface area contributed by atoms with E-state index >= 15 is 0 Å². The molecule has 0 aliphatic heterocycles. The topological polar surface area (TPSA) is 73.8 Å². The summed E-state index contributed by atoms with van der Waals surface area (Å²) < 4.78 is 4.55. The summed E-state index contributed by atoms with van der Waals surface area (Å²) in [5.41, 5.74) is 0.461. The molecule has 1 N–H and O–H groups in total. The molecule has 0 bridgehead atoms. The number of aryl methyl sites for hydroxylation is 2. The van der Waals surface area contributed by atoms with E-state index in [4.69, 9.17) is 0 Å². The van der Waals surface area contributed by atoms with Crippen molar-refractivity contribution in [3.05, 3.63) is 27.2 Å². The Labute approximate surface area is 244 Å². The Hall–Kier alpha value is -1.89. The molecule has 2 heterocycles. The second-order valence-electron chi connectivity index (χ2n) is 12.0. The van der Waals surface area contributed by atoms with Crippen LogP contribution in [0.3, 0.4) is 0 Å². The minimum Gasteiger partial charge on any atom is -0.328 e. The Morgan fingerprint density at radius 2 is 1.05 bits per heavy atom. The third kappa shape index (κ3) is 13.2. The van der Waals surface area contributed by atoms with Crippen LogP contribution < -0.4 is 16.6 Å². The number of hydrogen-bond donors (Lipinski definition) is 1. The van der Waals surface area contributed by atoms with E-state index in [2.05, 4.69) is 17.2 Å². The van der Waals surface area contributed by atoms with Crippen molar-refractivity contribution in [3.63, 3.8) is 0 Å². The van der Waals surface area contributed by atoms with Crippen molar-refractivity contribution >= 4 is 11.2 Å². The number of hydrogen-bond acceptors (Lipinski definition) is 4. The molecule has 7 heteroatoms. The fraction of sp³-hybridized carbons (Fsp3) is 0.848. The van der Waals surface area contributed by atoms with E-state index in [-0.39, 0.29) is 11.2 Å². The van der Waals surface area contributed by atoms with E-state index in [0.717, 1.165) is 12.8 Å². The zero-order chi connectivity index (χ0) is 28.8. The van der Waals surface area contributed by atoms with Gasteiger partial charge < -0.3 is 9.88 Å². The third-order valence-corrected chi connectivity index (χ3v) is 8.39. The standard InChI is InChI=1S/C33H61N5O2/c1-4-5-6-7-8-9-10-11-12-14-17-20-23-26-34-27-24-21-18-15-13-16-19-22-25-28-38-32(39)30-31(35-29-36(30)2)37(3)33(38)40/h29,34H,4-28H2,1-3H3. The molecule has 0 aliphatic rings. The number of rotatable bonds is 26. The molecule has 230 valence electrons. The fourth-order valence-electron chi connectivity index (χ4n) is 5.74. The molecule has 7 nitrogen and oxygen atoms in total. The number of nitrogens with one attached hydrogen (secondary N) is 1. The zero-order valence-electron chi connectivity index (χ0n) is 26.4. The second kappa shape index (κ2) is 21.8. The van der Waals surface area contributed by atoms with Gasteiger partial charge in [-0.25, -0.2) is 9.78 Å². The number of imidazole rings is 1. The number of unbranched alkanes of at least 4 members (excludes halogenated alkanes) is 20. The van der Waals surface area contributed by atoms with Crippen molar-refractivity contribution in [3.8, 4) is 0 Å². The minimum atomic E-state index is -0.268. The van der Waals surface area contributed by atoms with Crippen molar-refractivity contribution in [2.45, 2.75) is 155 Å². The average molecular weight is 560 g/mol. The quantitative estimate of drug-likeness (QED) is 0.120.